The Balaban J connectivity index is 1.83. The lowest BCUT2D eigenvalue weighted by Crippen LogP contribution is -2.05. The molecule has 0 atom stereocenters. The average molecular weight is 445 g/mol. The number of sulfone groups is 1. The van der Waals surface area contributed by atoms with E-state index in [4.69, 9.17) is 27.6 Å². The molecule has 3 aromatic carbocycles. The number of aromatic nitrogens is 1. The third kappa shape index (κ3) is 4.15. The molecule has 4 rings (SSSR count). The van der Waals surface area contributed by atoms with Crippen LogP contribution in [0.1, 0.15) is 0 Å². The standard InChI is InChI=1S/C21H14Cl2N2O3S/c22-15-8-6-14(7-9-15)19-25-21(29(26,27)18-4-2-1-3-5-18)20(28-19)24-17-12-10-16(23)11-13-17/h1-13,24H. The topological polar surface area (TPSA) is 72.2 Å². The van der Waals surface area contributed by atoms with Crippen molar-refractivity contribution in [1.82, 2.24) is 4.98 Å². The van der Waals surface area contributed by atoms with Crippen molar-refractivity contribution in [2.75, 3.05) is 5.32 Å². The Labute approximate surface area is 177 Å². The Morgan fingerprint density at radius 1 is 0.793 bits per heavy atom. The van der Waals surface area contributed by atoms with Crippen LogP contribution in [0.4, 0.5) is 11.6 Å². The predicted octanol–water partition coefficient (Wildman–Crippen LogP) is 6.22. The van der Waals surface area contributed by atoms with Gasteiger partial charge in [-0.2, -0.15) is 4.98 Å². The van der Waals surface area contributed by atoms with Crippen molar-refractivity contribution >= 4 is 44.6 Å². The largest absolute Gasteiger partial charge is 0.419 e. The van der Waals surface area contributed by atoms with Crippen molar-refractivity contribution < 1.29 is 12.8 Å². The lowest BCUT2D eigenvalue weighted by atomic mass is 10.2. The number of anilines is 2. The van der Waals surface area contributed by atoms with Gasteiger partial charge in [0.25, 0.3) is 0 Å². The van der Waals surface area contributed by atoms with E-state index in [9.17, 15) is 8.42 Å². The molecule has 0 aliphatic heterocycles. The first kappa shape index (κ1) is 19.5. The quantitative estimate of drug-likeness (QED) is 0.395. The van der Waals surface area contributed by atoms with Gasteiger partial charge in [0.15, 0.2) is 0 Å². The number of halogens is 2. The summed E-state index contributed by atoms with van der Waals surface area (Å²) in [7, 11) is -3.91. The van der Waals surface area contributed by atoms with Gasteiger partial charge in [0.2, 0.25) is 26.6 Å². The minimum atomic E-state index is -3.91. The normalized spacial score (nSPS) is 11.4. The van der Waals surface area contributed by atoms with E-state index >= 15 is 0 Å². The number of nitrogens with one attached hydrogen (secondary N) is 1. The first-order chi connectivity index (χ1) is 13.9. The molecule has 0 aliphatic rings. The number of oxazole rings is 1. The van der Waals surface area contributed by atoms with Crippen LogP contribution in [-0.4, -0.2) is 13.4 Å². The summed E-state index contributed by atoms with van der Waals surface area (Å²) < 4.78 is 32.2. The van der Waals surface area contributed by atoms with Crippen LogP contribution in [0.15, 0.2) is 93.2 Å². The highest BCUT2D eigenvalue weighted by Crippen LogP contribution is 2.34. The Morgan fingerprint density at radius 2 is 1.38 bits per heavy atom. The summed E-state index contributed by atoms with van der Waals surface area (Å²) in [4.78, 5) is 4.41. The van der Waals surface area contributed by atoms with E-state index in [0.29, 0.717) is 21.3 Å². The molecule has 0 unspecified atom stereocenters. The summed E-state index contributed by atoms with van der Waals surface area (Å²) in [5.74, 6) is 0.175. The zero-order valence-electron chi connectivity index (χ0n) is 14.8. The number of benzene rings is 3. The Kier molecular flexibility index (Phi) is 5.32. The van der Waals surface area contributed by atoms with Gasteiger partial charge < -0.3 is 9.73 Å². The van der Waals surface area contributed by atoms with Crippen molar-refractivity contribution in [3.8, 4) is 11.5 Å². The average Bonchev–Trinajstić information content (AvgIpc) is 3.15. The highest BCUT2D eigenvalue weighted by Gasteiger charge is 2.28. The third-order valence-corrected chi connectivity index (χ3v) is 6.28. The Hall–Kier alpha value is -2.80. The van der Waals surface area contributed by atoms with E-state index in [1.165, 1.54) is 12.1 Å². The summed E-state index contributed by atoms with van der Waals surface area (Å²) >= 11 is 11.9. The first-order valence-corrected chi connectivity index (χ1v) is 10.8. The van der Waals surface area contributed by atoms with E-state index < -0.39 is 9.84 Å². The first-order valence-electron chi connectivity index (χ1n) is 8.53. The molecule has 5 nitrogen and oxygen atoms in total. The van der Waals surface area contributed by atoms with Gasteiger partial charge in [-0.25, -0.2) is 8.42 Å². The van der Waals surface area contributed by atoms with Crippen molar-refractivity contribution in [2.45, 2.75) is 9.92 Å². The molecule has 146 valence electrons. The van der Waals surface area contributed by atoms with Crippen LogP contribution in [0.5, 0.6) is 0 Å². The fourth-order valence-corrected chi connectivity index (χ4v) is 4.19. The SMILES string of the molecule is O=S(=O)(c1ccccc1)c1nc(-c2ccc(Cl)cc2)oc1Nc1ccc(Cl)cc1. The van der Waals surface area contributed by atoms with E-state index in [0.717, 1.165) is 0 Å². The Bertz CT molecular complexity index is 1240. The molecular weight excluding hydrogens is 431 g/mol. The predicted molar refractivity (Wildman–Crippen MR) is 114 cm³/mol. The van der Waals surface area contributed by atoms with Gasteiger partial charge in [-0.1, -0.05) is 41.4 Å². The third-order valence-electron chi connectivity index (χ3n) is 4.10. The maximum Gasteiger partial charge on any atom is 0.238 e. The molecule has 0 amide bonds. The minimum Gasteiger partial charge on any atom is -0.419 e. The van der Waals surface area contributed by atoms with Crippen LogP contribution in [0.3, 0.4) is 0 Å². The van der Waals surface area contributed by atoms with E-state index in [2.05, 4.69) is 10.3 Å². The summed E-state index contributed by atoms with van der Waals surface area (Å²) in [6, 6.07) is 21.6. The molecule has 0 bridgehead atoms. The zero-order valence-corrected chi connectivity index (χ0v) is 17.2. The van der Waals surface area contributed by atoms with Gasteiger partial charge in [-0.05, 0) is 60.7 Å². The molecule has 0 saturated carbocycles. The van der Waals surface area contributed by atoms with Crippen molar-refractivity contribution in [1.29, 1.82) is 0 Å². The van der Waals surface area contributed by atoms with E-state index in [-0.39, 0.29) is 21.7 Å². The molecule has 0 fully saturated rings. The van der Waals surface area contributed by atoms with Crippen molar-refractivity contribution in [2.24, 2.45) is 0 Å². The number of hydrogen-bond acceptors (Lipinski definition) is 5. The second-order valence-corrected chi connectivity index (χ2v) is 8.85. The van der Waals surface area contributed by atoms with Crippen LogP contribution >= 0.6 is 23.2 Å². The molecule has 4 aromatic rings. The van der Waals surface area contributed by atoms with E-state index in [1.807, 2.05) is 0 Å². The van der Waals surface area contributed by atoms with Crippen LogP contribution in [0.2, 0.25) is 10.0 Å². The van der Waals surface area contributed by atoms with Gasteiger partial charge in [0, 0.05) is 21.3 Å². The highest BCUT2D eigenvalue weighted by molar-refractivity contribution is 7.91. The van der Waals surface area contributed by atoms with Gasteiger partial charge in [-0.3, -0.25) is 0 Å². The van der Waals surface area contributed by atoms with E-state index in [1.54, 1.807) is 66.7 Å². The lowest BCUT2D eigenvalue weighted by Gasteiger charge is -2.06. The molecule has 0 radical (unpaired) electrons. The molecule has 1 aromatic heterocycles. The summed E-state index contributed by atoms with van der Waals surface area (Å²) in [5.41, 5.74) is 1.21. The molecule has 29 heavy (non-hydrogen) atoms. The van der Waals surface area contributed by atoms with Crippen LogP contribution < -0.4 is 5.32 Å². The number of rotatable bonds is 5. The van der Waals surface area contributed by atoms with Crippen LogP contribution in [0.25, 0.3) is 11.5 Å². The number of hydrogen-bond donors (Lipinski definition) is 1. The molecule has 1 N–H and O–H groups in total. The maximum absolute atomic E-state index is 13.2. The zero-order chi connectivity index (χ0) is 20.4. The second kappa shape index (κ2) is 7.91. The summed E-state index contributed by atoms with van der Waals surface area (Å²) in [6.07, 6.45) is 0. The molecule has 0 spiro atoms. The lowest BCUT2D eigenvalue weighted by molar-refractivity contribution is 0.582. The molecule has 0 aliphatic carbocycles. The molecule has 1 heterocycles. The monoisotopic (exact) mass is 444 g/mol. The maximum atomic E-state index is 13.2. The van der Waals surface area contributed by atoms with Crippen LogP contribution in [0, 0.1) is 0 Å². The van der Waals surface area contributed by atoms with Crippen molar-refractivity contribution in [3.05, 3.63) is 88.9 Å². The number of nitrogens with zero attached hydrogens (tertiary/aromatic N) is 1. The van der Waals surface area contributed by atoms with Crippen molar-refractivity contribution in [3.63, 3.8) is 0 Å². The fourth-order valence-electron chi connectivity index (χ4n) is 2.66. The van der Waals surface area contributed by atoms with Gasteiger partial charge in [0.1, 0.15) is 0 Å². The molecule has 8 heteroatoms. The summed E-state index contributed by atoms with van der Waals surface area (Å²) in [5, 5.41) is 3.89. The smallest absolute Gasteiger partial charge is 0.238 e. The highest BCUT2D eigenvalue weighted by atomic mass is 35.5. The minimum absolute atomic E-state index is 0.0149. The Morgan fingerprint density at radius 3 is 2.00 bits per heavy atom. The van der Waals surface area contributed by atoms with Gasteiger partial charge in [0.05, 0.1) is 4.90 Å². The molecular formula is C21H14Cl2N2O3S. The van der Waals surface area contributed by atoms with Gasteiger partial charge >= 0.3 is 0 Å². The van der Waals surface area contributed by atoms with Crippen LogP contribution in [-0.2, 0) is 9.84 Å². The van der Waals surface area contributed by atoms with Gasteiger partial charge in [-0.15, -0.1) is 0 Å². The second-order valence-electron chi connectivity index (χ2n) is 6.11. The molecule has 0 saturated heterocycles. The fraction of sp³-hybridized carbons (Fsp3) is 0. The summed E-state index contributed by atoms with van der Waals surface area (Å²) in [6.45, 7) is 0.